The van der Waals surface area contributed by atoms with Gasteiger partial charge in [0.1, 0.15) is 0 Å². The lowest BCUT2D eigenvalue weighted by Gasteiger charge is -2.42. The van der Waals surface area contributed by atoms with E-state index in [0.717, 1.165) is 12.5 Å². The Morgan fingerprint density at radius 2 is 1.52 bits per heavy atom. The van der Waals surface area contributed by atoms with Gasteiger partial charge in [-0.05, 0) is 38.3 Å². The van der Waals surface area contributed by atoms with Crippen LogP contribution in [0.25, 0.3) is 0 Å². The molecular weight excluding hydrogens is 282 g/mol. The van der Waals surface area contributed by atoms with Crippen LogP contribution >= 0.6 is 0 Å². The van der Waals surface area contributed by atoms with Gasteiger partial charge in [0.05, 0.1) is 6.61 Å². The van der Waals surface area contributed by atoms with Crippen LogP contribution in [0.3, 0.4) is 0 Å². The molecule has 0 bridgehead atoms. The minimum absolute atomic E-state index is 0.405. The predicted octanol–water partition coefficient (Wildman–Crippen LogP) is 5.90. The van der Waals surface area contributed by atoms with Gasteiger partial charge in [-0.25, -0.2) is 0 Å². The number of unbranched alkanes of at least 4 members (excludes halogenated alkanes) is 5. The molecule has 1 fully saturated rings. The Balaban J connectivity index is 2.63. The third-order valence-corrected chi connectivity index (χ3v) is 6.11. The summed E-state index contributed by atoms with van der Waals surface area (Å²) in [5, 5.41) is 0. The van der Waals surface area contributed by atoms with Crippen LogP contribution in [0.1, 0.15) is 91.4 Å². The highest BCUT2D eigenvalue weighted by atomic mass is 16.5. The van der Waals surface area contributed by atoms with E-state index in [9.17, 15) is 0 Å². The average molecular weight is 326 g/mol. The number of hydrogen-bond acceptors (Lipinski definition) is 2. The first kappa shape index (κ1) is 21.0. The zero-order valence-corrected chi connectivity index (χ0v) is 16.5. The normalized spacial score (nSPS) is 18.7. The molecule has 0 aromatic rings. The van der Waals surface area contributed by atoms with Crippen LogP contribution in [0.15, 0.2) is 0 Å². The second-order valence-electron chi connectivity index (χ2n) is 7.76. The maximum atomic E-state index is 5.78. The van der Waals surface area contributed by atoms with Gasteiger partial charge in [-0.1, -0.05) is 72.1 Å². The van der Waals surface area contributed by atoms with Crippen molar-refractivity contribution in [1.29, 1.82) is 0 Å². The van der Waals surface area contributed by atoms with Crippen molar-refractivity contribution >= 4 is 0 Å². The monoisotopic (exact) mass is 325 g/mol. The summed E-state index contributed by atoms with van der Waals surface area (Å²) >= 11 is 0. The molecule has 1 unspecified atom stereocenters. The fourth-order valence-electron chi connectivity index (χ4n) is 4.62. The van der Waals surface area contributed by atoms with E-state index >= 15 is 0 Å². The summed E-state index contributed by atoms with van der Waals surface area (Å²) in [6.07, 6.45) is 15.5. The van der Waals surface area contributed by atoms with Crippen LogP contribution < -0.4 is 0 Å². The number of rotatable bonds is 14. The van der Waals surface area contributed by atoms with E-state index < -0.39 is 0 Å². The van der Waals surface area contributed by atoms with Crippen LogP contribution in [0.4, 0.5) is 0 Å². The third-order valence-electron chi connectivity index (χ3n) is 6.11. The Bertz CT molecular complexity index is 271. The van der Waals surface area contributed by atoms with Crippen LogP contribution in [0.2, 0.25) is 0 Å². The Hall–Kier alpha value is -0.0800. The van der Waals surface area contributed by atoms with Crippen molar-refractivity contribution in [3.05, 3.63) is 0 Å². The predicted molar refractivity (Wildman–Crippen MR) is 102 cm³/mol. The molecule has 1 saturated carbocycles. The summed E-state index contributed by atoms with van der Waals surface area (Å²) in [5.74, 6) is 0.888. The van der Waals surface area contributed by atoms with E-state index in [1.165, 1.54) is 90.3 Å². The molecule has 138 valence electrons. The third kappa shape index (κ3) is 7.13. The second kappa shape index (κ2) is 12.3. The highest BCUT2D eigenvalue weighted by Crippen LogP contribution is 2.44. The van der Waals surface area contributed by atoms with E-state index in [-0.39, 0.29) is 0 Å². The lowest BCUT2D eigenvalue weighted by Crippen LogP contribution is -2.45. The molecule has 2 nitrogen and oxygen atoms in total. The topological polar surface area (TPSA) is 12.5 Å². The summed E-state index contributed by atoms with van der Waals surface area (Å²) in [7, 11) is 1.91. The van der Waals surface area contributed by atoms with Crippen molar-refractivity contribution in [2.75, 3.05) is 33.4 Å². The Morgan fingerprint density at radius 1 is 0.913 bits per heavy atom. The van der Waals surface area contributed by atoms with E-state index in [1.807, 2.05) is 7.11 Å². The van der Waals surface area contributed by atoms with Crippen LogP contribution in [0.5, 0.6) is 0 Å². The molecule has 1 aliphatic carbocycles. The Morgan fingerprint density at radius 3 is 2.09 bits per heavy atom. The SMILES string of the molecule is CCCCCCCCC(COC)(CN(CC)CC)C1CCCC1. The van der Waals surface area contributed by atoms with Gasteiger partial charge in [0.2, 0.25) is 0 Å². The van der Waals surface area contributed by atoms with Crippen molar-refractivity contribution in [3.8, 4) is 0 Å². The molecule has 1 aliphatic rings. The fourth-order valence-corrected chi connectivity index (χ4v) is 4.62. The maximum absolute atomic E-state index is 5.78. The molecule has 2 heteroatoms. The van der Waals surface area contributed by atoms with E-state index in [4.69, 9.17) is 4.74 Å². The number of nitrogens with zero attached hydrogens (tertiary/aromatic N) is 1. The highest BCUT2D eigenvalue weighted by Gasteiger charge is 2.40. The second-order valence-corrected chi connectivity index (χ2v) is 7.76. The van der Waals surface area contributed by atoms with Gasteiger partial charge < -0.3 is 9.64 Å². The van der Waals surface area contributed by atoms with Gasteiger partial charge in [0.25, 0.3) is 0 Å². The van der Waals surface area contributed by atoms with Gasteiger partial charge in [-0.3, -0.25) is 0 Å². The van der Waals surface area contributed by atoms with Gasteiger partial charge >= 0.3 is 0 Å². The molecule has 0 aliphatic heterocycles. The molecule has 1 atom stereocenters. The first-order chi connectivity index (χ1) is 11.2. The molecule has 0 aromatic carbocycles. The smallest absolute Gasteiger partial charge is 0.0533 e. The molecule has 0 saturated heterocycles. The zero-order chi connectivity index (χ0) is 17.0. The number of hydrogen-bond donors (Lipinski definition) is 0. The summed E-state index contributed by atoms with van der Waals surface area (Å²) in [6.45, 7) is 11.5. The summed E-state index contributed by atoms with van der Waals surface area (Å²) in [5.41, 5.74) is 0.405. The molecule has 0 aromatic heterocycles. The van der Waals surface area contributed by atoms with Gasteiger partial charge in [0, 0.05) is 19.1 Å². The van der Waals surface area contributed by atoms with Crippen molar-refractivity contribution in [3.63, 3.8) is 0 Å². The Kier molecular flexibility index (Phi) is 11.2. The van der Waals surface area contributed by atoms with Crippen molar-refractivity contribution in [1.82, 2.24) is 4.90 Å². The molecule has 23 heavy (non-hydrogen) atoms. The average Bonchev–Trinajstić information content (AvgIpc) is 3.10. The largest absolute Gasteiger partial charge is 0.384 e. The van der Waals surface area contributed by atoms with Gasteiger partial charge in [0.15, 0.2) is 0 Å². The first-order valence-corrected chi connectivity index (χ1v) is 10.4. The molecule has 0 amide bonds. The molecule has 1 rings (SSSR count). The summed E-state index contributed by atoms with van der Waals surface area (Å²) in [6, 6.07) is 0. The number of ether oxygens (including phenoxy) is 1. The first-order valence-electron chi connectivity index (χ1n) is 10.4. The molecule has 0 N–H and O–H groups in total. The van der Waals surface area contributed by atoms with Gasteiger partial charge in [-0.15, -0.1) is 0 Å². The highest BCUT2D eigenvalue weighted by molar-refractivity contribution is 4.91. The quantitative estimate of drug-likeness (QED) is 0.369. The Labute approximate surface area is 146 Å². The van der Waals surface area contributed by atoms with Crippen LogP contribution in [-0.4, -0.2) is 38.3 Å². The van der Waals surface area contributed by atoms with E-state index in [0.29, 0.717) is 5.41 Å². The van der Waals surface area contributed by atoms with E-state index in [2.05, 4.69) is 25.7 Å². The minimum Gasteiger partial charge on any atom is -0.384 e. The van der Waals surface area contributed by atoms with Gasteiger partial charge in [-0.2, -0.15) is 0 Å². The lowest BCUT2D eigenvalue weighted by atomic mass is 9.70. The zero-order valence-electron chi connectivity index (χ0n) is 16.5. The molecule has 0 heterocycles. The maximum Gasteiger partial charge on any atom is 0.0533 e. The van der Waals surface area contributed by atoms with Crippen molar-refractivity contribution < 1.29 is 4.74 Å². The van der Waals surface area contributed by atoms with E-state index in [1.54, 1.807) is 0 Å². The number of methoxy groups -OCH3 is 1. The molecular formula is C21H43NO. The minimum atomic E-state index is 0.405. The summed E-state index contributed by atoms with van der Waals surface area (Å²) in [4.78, 5) is 2.63. The van der Waals surface area contributed by atoms with Crippen molar-refractivity contribution in [2.45, 2.75) is 91.4 Å². The van der Waals surface area contributed by atoms with Crippen LogP contribution in [0, 0.1) is 11.3 Å². The lowest BCUT2D eigenvalue weighted by molar-refractivity contribution is -0.00437. The standard InChI is InChI=1S/C21H43NO/c1-5-8-9-10-11-14-17-21(19-23-4,18-22(6-2)7-3)20-15-12-13-16-20/h20H,5-19H2,1-4H3. The fraction of sp³-hybridized carbons (Fsp3) is 1.00. The van der Waals surface area contributed by atoms with Crippen molar-refractivity contribution in [2.24, 2.45) is 11.3 Å². The summed E-state index contributed by atoms with van der Waals surface area (Å²) < 4.78 is 5.78. The molecule has 0 spiro atoms. The molecule has 0 radical (unpaired) electrons. The van der Waals surface area contributed by atoms with Crippen LogP contribution in [-0.2, 0) is 4.74 Å².